The van der Waals surface area contributed by atoms with Gasteiger partial charge in [-0.15, -0.1) is 0 Å². The van der Waals surface area contributed by atoms with Crippen molar-refractivity contribution in [1.82, 2.24) is 10.2 Å². The van der Waals surface area contributed by atoms with E-state index in [4.69, 9.17) is 9.47 Å². The van der Waals surface area contributed by atoms with Crippen molar-refractivity contribution in [2.45, 2.75) is 44.9 Å². The highest BCUT2D eigenvalue weighted by molar-refractivity contribution is 5.96. The highest BCUT2D eigenvalue weighted by Gasteiger charge is 2.37. The molecule has 3 aromatic carbocycles. The Hall–Kier alpha value is -4.76. The molecule has 5 rings (SSSR count). The number of dihydropyridines is 1. The number of non-ortho nitro benzene ring substituents is 1. The first-order chi connectivity index (χ1) is 21.7. The van der Waals surface area contributed by atoms with Gasteiger partial charge in [0.05, 0.1) is 29.8 Å². The minimum absolute atomic E-state index is 0.0342. The van der Waals surface area contributed by atoms with Crippen LogP contribution in [-0.2, 0) is 24.5 Å². The lowest BCUT2D eigenvalue weighted by molar-refractivity contribution is -0.384. The fourth-order valence-corrected chi connectivity index (χ4v) is 5.95. The van der Waals surface area contributed by atoms with Crippen molar-refractivity contribution < 1.29 is 24.0 Å². The SMILES string of the molecule is COC(=O)C1=C(C)NC(C)=C(C(=O)OCCCN2CCC(c3ccccc3)(c3ccccc3)CC2)C1.O=[N+]([O-])c1ccccc1. The largest absolute Gasteiger partial charge is 0.466 e. The van der Waals surface area contributed by atoms with Crippen LogP contribution in [0.2, 0.25) is 0 Å². The molecule has 9 heteroatoms. The second kappa shape index (κ2) is 15.8. The summed E-state index contributed by atoms with van der Waals surface area (Å²) in [6, 6.07) is 29.6. The molecule has 1 N–H and O–H groups in total. The van der Waals surface area contributed by atoms with Crippen LogP contribution in [0.15, 0.2) is 114 Å². The second-order valence-electron chi connectivity index (χ2n) is 11.2. The fourth-order valence-electron chi connectivity index (χ4n) is 5.95. The van der Waals surface area contributed by atoms with Gasteiger partial charge in [-0.25, -0.2) is 9.59 Å². The minimum Gasteiger partial charge on any atom is -0.466 e. The number of methoxy groups -OCH3 is 1. The lowest BCUT2D eigenvalue weighted by Gasteiger charge is -2.43. The molecule has 0 atom stereocenters. The lowest BCUT2D eigenvalue weighted by atomic mass is 9.68. The van der Waals surface area contributed by atoms with Crippen molar-refractivity contribution in [3.8, 4) is 0 Å². The van der Waals surface area contributed by atoms with Gasteiger partial charge >= 0.3 is 11.9 Å². The van der Waals surface area contributed by atoms with Crippen LogP contribution in [0, 0.1) is 10.1 Å². The third-order valence-corrected chi connectivity index (χ3v) is 8.49. The van der Waals surface area contributed by atoms with Gasteiger partial charge in [-0.2, -0.15) is 0 Å². The number of nitrogens with one attached hydrogen (secondary N) is 1. The summed E-state index contributed by atoms with van der Waals surface area (Å²) in [7, 11) is 1.34. The van der Waals surface area contributed by atoms with Gasteiger partial charge in [-0.05, 0) is 57.3 Å². The molecule has 3 aromatic rings. The summed E-state index contributed by atoms with van der Waals surface area (Å²) >= 11 is 0. The first-order valence-corrected chi connectivity index (χ1v) is 15.2. The number of carbonyl (C=O) groups is 2. The Kier molecular flexibility index (Phi) is 11.6. The molecule has 0 radical (unpaired) electrons. The summed E-state index contributed by atoms with van der Waals surface area (Å²) in [6.45, 7) is 6.87. The van der Waals surface area contributed by atoms with E-state index in [1.165, 1.54) is 30.4 Å². The van der Waals surface area contributed by atoms with Gasteiger partial charge < -0.3 is 19.7 Å². The summed E-state index contributed by atoms with van der Waals surface area (Å²) < 4.78 is 10.4. The van der Waals surface area contributed by atoms with Crippen molar-refractivity contribution in [1.29, 1.82) is 0 Å². The summed E-state index contributed by atoms with van der Waals surface area (Å²) in [5.41, 5.74) is 5.31. The number of nitro groups is 1. The molecule has 0 spiro atoms. The number of benzene rings is 3. The highest BCUT2D eigenvalue weighted by atomic mass is 16.6. The number of para-hydroxylation sites is 1. The summed E-state index contributed by atoms with van der Waals surface area (Å²) in [6.07, 6.45) is 3.11. The van der Waals surface area contributed by atoms with Gasteiger partial charge in [-0.3, -0.25) is 10.1 Å². The van der Waals surface area contributed by atoms with Crippen LogP contribution >= 0.6 is 0 Å². The van der Waals surface area contributed by atoms with E-state index in [1.807, 2.05) is 6.92 Å². The van der Waals surface area contributed by atoms with E-state index < -0.39 is 10.9 Å². The molecule has 0 aromatic heterocycles. The predicted molar refractivity (Wildman–Crippen MR) is 173 cm³/mol. The molecule has 2 heterocycles. The first-order valence-electron chi connectivity index (χ1n) is 15.2. The minimum atomic E-state index is -0.426. The van der Waals surface area contributed by atoms with Gasteiger partial charge in [-0.1, -0.05) is 78.9 Å². The number of carbonyl (C=O) groups excluding carboxylic acids is 2. The number of ether oxygens (including phenoxy) is 2. The standard InChI is InChI=1S/C30H36N2O4.C6H5NO2/c1-22-26(28(33)35-3)21-27(23(2)31-22)29(34)36-20-10-17-32-18-15-30(16-19-32,24-11-6-4-7-12-24)25-13-8-5-9-14-25;8-7(9)6-4-2-1-3-5-6/h4-9,11-14,31H,10,15-21H2,1-3H3;1-5H. The van der Waals surface area contributed by atoms with Gasteiger partial charge in [0.25, 0.3) is 5.69 Å². The number of rotatable bonds is 9. The molecule has 0 unspecified atom stereocenters. The normalized spacial score (nSPS) is 16.2. The number of piperidine rings is 1. The smallest absolute Gasteiger partial charge is 0.336 e. The van der Waals surface area contributed by atoms with Gasteiger partial charge in [0.1, 0.15) is 0 Å². The zero-order valence-corrected chi connectivity index (χ0v) is 26.2. The van der Waals surface area contributed by atoms with E-state index in [1.54, 1.807) is 25.1 Å². The maximum Gasteiger partial charge on any atom is 0.336 e. The Morgan fingerprint density at radius 2 is 1.31 bits per heavy atom. The molecule has 0 aliphatic carbocycles. The summed E-state index contributed by atoms with van der Waals surface area (Å²) in [5, 5.41) is 13.1. The maximum atomic E-state index is 12.7. The van der Waals surface area contributed by atoms with E-state index in [-0.39, 0.29) is 23.5 Å². The molecule has 1 saturated heterocycles. The number of esters is 2. The van der Waals surface area contributed by atoms with Crippen LogP contribution in [0.3, 0.4) is 0 Å². The van der Waals surface area contributed by atoms with E-state index in [0.29, 0.717) is 23.5 Å². The lowest BCUT2D eigenvalue weighted by Crippen LogP contribution is -2.43. The number of hydrogen-bond donors (Lipinski definition) is 1. The molecule has 2 aliphatic heterocycles. The Labute approximate surface area is 264 Å². The van der Waals surface area contributed by atoms with E-state index in [2.05, 4.69) is 70.9 Å². The molecule has 9 nitrogen and oxygen atoms in total. The van der Waals surface area contributed by atoms with Crippen molar-refractivity contribution in [3.63, 3.8) is 0 Å². The number of nitrogens with zero attached hydrogens (tertiary/aromatic N) is 2. The Morgan fingerprint density at radius 1 is 0.822 bits per heavy atom. The average Bonchev–Trinajstić information content (AvgIpc) is 3.08. The molecular weight excluding hydrogens is 570 g/mol. The van der Waals surface area contributed by atoms with Gasteiger partial charge in [0, 0.05) is 41.9 Å². The van der Waals surface area contributed by atoms with Crippen molar-refractivity contribution in [2.75, 3.05) is 33.4 Å². The Balaban J connectivity index is 0.000000440. The molecule has 0 bridgehead atoms. The van der Waals surface area contributed by atoms with Gasteiger partial charge in [0.2, 0.25) is 0 Å². The molecule has 0 saturated carbocycles. The monoisotopic (exact) mass is 611 g/mol. The fraction of sp³-hybridized carbons (Fsp3) is 0.333. The maximum absolute atomic E-state index is 12.7. The average molecular weight is 612 g/mol. The number of allylic oxidation sites excluding steroid dienone is 2. The Bertz CT molecular complexity index is 1470. The van der Waals surface area contributed by atoms with Crippen molar-refractivity contribution in [2.24, 2.45) is 0 Å². The van der Waals surface area contributed by atoms with E-state index in [9.17, 15) is 19.7 Å². The van der Waals surface area contributed by atoms with Crippen LogP contribution in [0.1, 0.15) is 50.7 Å². The van der Waals surface area contributed by atoms with Crippen LogP contribution < -0.4 is 5.32 Å². The summed E-state index contributed by atoms with van der Waals surface area (Å²) in [5.74, 6) is -0.801. The van der Waals surface area contributed by atoms with E-state index >= 15 is 0 Å². The predicted octanol–water partition coefficient (Wildman–Crippen LogP) is 6.31. The van der Waals surface area contributed by atoms with Crippen LogP contribution in [0.25, 0.3) is 0 Å². The third-order valence-electron chi connectivity index (χ3n) is 8.49. The van der Waals surface area contributed by atoms with Crippen molar-refractivity contribution >= 4 is 17.6 Å². The molecule has 2 aliphatic rings. The Morgan fingerprint density at radius 3 is 1.78 bits per heavy atom. The molecule has 0 amide bonds. The molecular formula is C36H41N3O6. The number of likely N-dealkylation sites (tertiary alicyclic amines) is 1. The van der Waals surface area contributed by atoms with E-state index in [0.717, 1.165) is 44.6 Å². The second-order valence-corrected chi connectivity index (χ2v) is 11.2. The van der Waals surface area contributed by atoms with Crippen molar-refractivity contribution in [3.05, 3.63) is 135 Å². The third kappa shape index (κ3) is 8.45. The zero-order chi connectivity index (χ0) is 32.2. The van der Waals surface area contributed by atoms with Crippen LogP contribution in [0.5, 0.6) is 0 Å². The molecule has 1 fully saturated rings. The number of nitro benzene ring substituents is 1. The quantitative estimate of drug-likeness (QED) is 0.130. The summed E-state index contributed by atoms with van der Waals surface area (Å²) in [4.78, 5) is 36.8. The molecule has 236 valence electrons. The topological polar surface area (TPSA) is 111 Å². The molecule has 45 heavy (non-hydrogen) atoms. The van der Waals surface area contributed by atoms with Crippen LogP contribution in [-0.4, -0.2) is 55.1 Å². The van der Waals surface area contributed by atoms with Crippen LogP contribution in [0.4, 0.5) is 5.69 Å². The highest BCUT2D eigenvalue weighted by Crippen LogP contribution is 2.41. The first kappa shape index (κ1) is 33.1. The number of hydrogen-bond acceptors (Lipinski definition) is 8. The van der Waals surface area contributed by atoms with Gasteiger partial charge in [0.15, 0.2) is 0 Å². The zero-order valence-electron chi connectivity index (χ0n) is 26.2.